The molecule has 0 aliphatic carbocycles. The smallest absolute Gasteiger partial charge is 0 e. The van der Waals surface area contributed by atoms with Crippen LogP contribution in [-0.2, 0) is 2.81 Å². The third-order valence-corrected chi connectivity index (χ3v) is 0. The van der Waals surface area contributed by atoms with Gasteiger partial charge in [-0.2, -0.15) is 0 Å². The molecule has 0 aliphatic rings. The molecule has 0 amide bonds. The molecular weight excluding hydrogens is 570 g/mol. The maximum atomic E-state index is 8.36. The summed E-state index contributed by atoms with van der Waals surface area (Å²) in [6, 6.07) is 0. The second-order valence-corrected chi connectivity index (χ2v) is 0. The molecule has 4 heavy (non-hydrogen) atoms. The molecule has 0 saturated carbocycles. The van der Waals surface area contributed by atoms with Crippen LogP contribution in [-0.4, -0.2) is 101 Å². The van der Waals surface area contributed by atoms with Crippen LogP contribution in [0.5, 0.6) is 0 Å². The van der Waals surface area contributed by atoms with Crippen molar-refractivity contribution in [2.75, 3.05) is 0 Å². The van der Waals surface area contributed by atoms with Crippen LogP contribution >= 0.6 is 0 Å². The molecular formula is BaBiOPb. The molecule has 0 fully saturated rings. The van der Waals surface area contributed by atoms with E-state index >= 15 is 0 Å². The predicted molar refractivity (Wildman–Crippen MR) is 17.9 cm³/mol. The molecule has 4 heteroatoms. The van der Waals surface area contributed by atoms with E-state index in [2.05, 4.69) is 0 Å². The minimum absolute atomic E-state index is 0. The van der Waals surface area contributed by atoms with Crippen molar-refractivity contribution in [2.24, 2.45) is 0 Å². The minimum Gasteiger partial charge on any atom is 0 e. The molecule has 0 spiro atoms. The summed E-state index contributed by atoms with van der Waals surface area (Å²) in [6.07, 6.45) is 0. The normalized spacial score (nSPS) is 1.00. The molecule has 0 aliphatic heterocycles. The predicted octanol–water partition coefficient (Wildman–Crippen LogP) is -1.26. The Kier molecular flexibility index (Phi) is 64.4. The average Bonchev–Trinajstić information content (AvgIpc) is 1.00. The van der Waals surface area contributed by atoms with Gasteiger partial charge < -0.3 is 0 Å². The number of hydrogen-bond acceptors (Lipinski definition) is 1. The Morgan fingerprint density at radius 3 is 1.25 bits per heavy atom. The van der Waals surface area contributed by atoms with Crippen LogP contribution in [0.4, 0.5) is 0 Å². The van der Waals surface area contributed by atoms with Crippen LogP contribution in [0.25, 0.3) is 0 Å². The third-order valence-electron chi connectivity index (χ3n) is 0. The van der Waals surface area contributed by atoms with E-state index in [0.29, 0.717) is 0 Å². The first-order valence-corrected chi connectivity index (χ1v) is 1.60. The van der Waals surface area contributed by atoms with Crippen LogP contribution in [0.15, 0.2) is 0 Å². The van der Waals surface area contributed by atoms with Gasteiger partial charge >= 0.3 is 27.5 Å². The minimum atomic E-state index is 0. The van der Waals surface area contributed by atoms with Gasteiger partial charge in [0.1, 0.15) is 0 Å². The summed E-state index contributed by atoms with van der Waals surface area (Å²) in [4.78, 5) is 0. The van der Waals surface area contributed by atoms with E-state index in [9.17, 15) is 0 Å². The summed E-state index contributed by atoms with van der Waals surface area (Å²) in [6.45, 7) is 0. The summed E-state index contributed by atoms with van der Waals surface area (Å²) < 4.78 is 8.36. The molecule has 7 radical (unpaired) electrons. The Balaban J connectivity index is -0.00000000500. The molecule has 0 aromatic carbocycles. The van der Waals surface area contributed by atoms with E-state index in [1.54, 1.807) is 0 Å². The Bertz CT molecular complexity index is 8.00. The Labute approximate surface area is 101 Å². The van der Waals surface area contributed by atoms with Gasteiger partial charge in [-0.3, -0.25) is 0 Å². The fraction of sp³-hybridized carbons (Fsp3) is 0. The van der Waals surface area contributed by atoms with Crippen LogP contribution in [0.2, 0.25) is 0 Å². The van der Waals surface area contributed by atoms with Gasteiger partial charge in [0.25, 0.3) is 0 Å². The Morgan fingerprint density at radius 2 is 1.25 bits per heavy atom. The van der Waals surface area contributed by atoms with E-state index in [0.717, 1.165) is 0 Å². The van der Waals surface area contributed by atoms with Gasteiger partial charge in [0.05, 0.1) is 0 Å². The first-order chi connectivity index (χ1) is 1.00. The summed E-state index contributed by atoms with van der Waals surface area (Å²) >= 11 is 0.194. The van der Waals surface area contributed by atoms with Crippen molar-refractivity contribution >= 4 is 101 Å². The van der Waals surface area contributed by atoms with Crippen molar-refractivity contribution in [2.45, 2.75) is 0 Å². The zero-order valence-electron chi connectivity index (χ0n) is 2.06. The fourth-order valence-corrected chi connectivity index (χ4v) is 0. The van der Waals surface area contributed by atoms with Crippen LogP contribution in [0.1, 0.15) is 0 Å². The maximum absolute atomic E-state index is 8.36. The summed E-state index contributed by atoms with van der Waals surface area (Å²) in [7, 11) is 0. The Morgan fingerprint density at radius 1 is 1.25 bits per heavy atom. The maximum Gasteiger partial charge on any atom is 0 e. The van der Waals surface area contributed by atoms with Crippen molar-refractivity contribution in [3.8, 4) is 0 Å². The first-order valence-electron chi connectivity index (χ1n) is 0.183. The Hall–Kier alpha value is 3.18. The third kappa shape index (κ3) is 8.95. The van der Waals surface area contributed by atoms with Crippen LogP contribution in [0.3, 0.4) is 0 Å². The molecule has 0 rings (SSSR count). The summed E-state index contributed by atoms with van der Waals surface area (Å²) in [5.41, 5.74) is 0. The largest absolute Gasteiger partial charge is 0 e. The molecule has 0 saturated heterocycles. The molecule has 0 atom stereocenters. The molecule has 0 unspecified atom stereocenters. The zero-order valence-corrected chi connectivity index (χ0v) is 13.9. The van der Waals surface area contributed by atoms with Crippen LogP contribution in [0, 0.1) is 0 Å². The van der Waals surface area contributed by atoms with E-state index in [-0.39, 0.29) is 101 Å². The monoisotopic (exact) mass is 571 g/mol. The molecule has 0 bridgehead atoms. The van der Waals surface area contributed by atoms with Gasteiger partial charge in [-0.1, -0.05) is 0 Å². The van der Waals surface area contributed by atoms with Gasteiger partial charge in [-0.05, 0) is 0 Å². The van der Waals surface area contributed by atoms with E-state index in [4.69, 9.17) is 2.81 Å². The van der Waals surface area contributed by atoms with E-state index in [1.165, 1.54) is 0 Å². The van der Waals surface area contributed by atoms with Gasteiger partial charge in [0.15, 0.2) is 0 Å². The molecule has 0 aromatic rings. The van der Waals surface area contributed by atoms with Crippen molar-refractivity contribution < 1.29 is 2.81 Å². The van der Waals surface area contributed by atoms with Gasteiger partial charge in [-0.25, -0.2) is 0 Å². The topological polar surface area (TPSA) is 17.1 Å². The van der Waals surface area contributed by atoms with E-state index in [1.807, 2.05) is 0 Å². The van der Waals surface area contributed by atoms with Gasteiger partial charge in [0.2, 0.25) is 0 Å². The number of hydrogen-bond donors (Lipinski definition) is 0. The first kappa shape index (κ1) is 15.7. The van der Waals surface area contributed by atoms with Gasteiger partial charge in [-0.15, -0.1) is 0 Å². The second-order valence-electron chi connectivity index (χ2n) is 0. The van der Waals surface area contributed by atoms with Crippen molar-refractivity contribution in [3.05, 3.63) is 0 Å². The molecule has 0 aromatic heterocycles. The molecule has 0 heterocycles. The van der Waals surface area contributed by atoms with Gasteiger partial charge in [0, 0.05) is 76.2 Å². The number of rotatable bonds is 0. The SMILES string of the molecule is [Ba].[O]=[Bi].[Pb]. The van der Waals surface area contributed by atoms with Crippen molar-refractivity contribution in [1.29, 1.82) is 0 Å². The molecule has 1 nitrogen and oxygen atoms in total. The fourth-order valence-electron chi connectivity index (χ4n) is 0. The van der Waals surface area contributed by atoms with Crippen molar-refractivity contribution in [3.63, 3.8) is 0 Å². The van der Waals surface area contributed by atoms with Crippen molar-refractivity contribution in [1.82, 2.24) is 0 Å². The zero-order chi connectivity index (χ0) is 2.00. The summed E-state index contributed by atoms with van der Waals surface area (Å²) in [5.74, 6) is 0. The second kappa shape index (κ2) is 16.4. The van der Waals surface area contributed by atoms with Crippen LogP contribution < -0.4 is 0 Å². The van der Waals surface area contributed by atoms with E-state index < -0.39 is 0 Å². The molecule has 0 N–H and O–H groups in total. The standard InChI is InChI=1S/Ba.Bi.O.Pb. The quantitative estimate of drug-likeness (QED) is 0.333. The molecule has 17 valence electrons. The average molecular weight is 570 g/mol. The summed E-state index contributed by atoms with van der Waals surface area (Å²) in [5, 5.41) is 0.